The minimum Gasteiger partial charge on any atom is -0.440 e. The number of sulfone groups is 1. The van der Waals surface area contributed by atoms with Crippen molar-refractivity contribution in [2.75, 3.05) is 29.5 Å². The zero-order chi connectivity index (χ0) is 30.2. The van der Waals surface area contributed by atoms with E-state index in [4.69, 9.17) is 14.1 Å². The van der Waals surface area contributed by atoms with Gasteiger partial charge in [-0.15, -0.1) is 0 Å². The van der Waals surface area contributed by atoms with Gasteiger partial charge < -0.3 is 14.1 Å². The van der Waals surface area contributed by atoms with Gasteiger partial charge >= 0.3 is 6.61 Å². The van der Waals surface area contributed by atoms with Crippen LogP contribution in [0, 0.1) is 22.7 Å². The first-order valence-corrected chi connectivity index (χ1v) is 16.5. The van der Waals surface area contributed by atoms with Crippen LogP contribution in [0.5, 0.6) is 5.75 Å². The number of ketones is 1. The Labute approximate surface area is 249 Å². The molecule has 43 heavy (non-hydrogen) atoms. The molecule has 0 N–H and O–H groups in total. The van der Waals surface area contributed by atoms with Crippen molar-refractivity contribution in [3.63, 3.8) is 0 Å². The molecule has 1 aliphatic heterocycles. The molecular weight excluding hydrogens is 576 g/mol. The zero-order valence-corrected chi connectivity index (χ0v) is 24.5. The Bertz CT molecular complexity index is 1630. The quantitative estimate of drug-likeness (QED) is 0.275. The van der Waals surface area contributed by atoms with Crippen LogP contribution in [-0.2, 0) is 14.6 Å². The SMILES string of the molecule is N#CC1(CC(=O)[C@@H]2CCCC[C@H]2c2oc(-c3ccccc3OC(F)F)nc2-c2ccc(N3CCS(=O)(=O)CC3)cc2)CC1. The lowest BCUT2D eigenvalue weighted by atomic mass is 9.73. The molecule has 1 saturated heterocycles. The highest BCUT2D eigenvalue weighted by atomic mass is 32.2. The summed E-state index contributed by atoms with van der Waals surface area (Å²) in [7, 11) is -3.02. The van der Waals surface area contributed by atoms with Gasteiger partial charge in [-0.3, -0.25) is 4.79 Å². The van der Waals surface area contributed by atoms with Crippen LogP contribution in [0.4, 0.5) is 14.5 Å². The lowest BCUT2D eigenvalue weighted by Crippen LogP contribution is -2.40. The van der Waals surface area contributed by atoms with Gasteiger partial charge in [0.05, 0.1) is 28.6 Å². The molecule has 2 heterocycles. The number of anilines is 1. The van der Waals surface area contributed by atoms with Crippen molar-refractivity contribution in [2.45, 2.75) is 57.5 Å². The molecule has 226 valence electrons. The Hall–Kier alpha value is -3.78. The van der Waals surface area contributed by atoms with Gasteiger partial charge in [0.2, 0.25) is 5.89 Å². The van der Waals surface area contributed by atoms with Gasteiger partial charge in [0.25, 0.3) is 0 Å². The monoisotopic (exact) mass is 609 g/mol. The number of nitrogens with zero attached hydrogens (tertiary/aromatic N) is 3. The van der Waals surface area contributed by atoms with E-state index in [1.807, 2.05) is 29.2 Å². The van der Waals surface area contributed by atoms with Crippen LogP contribution < -0.4 is 9.64 Å². The van der Waals surface area contributed by atoms with Crippen LogP contribution in [0.25, 0.3) is 22.7 Å². The molecular formula is C32H33F2N3O5S. The Kier molecular flexibility index (Phi) is 7.98. The number of nitriles is 1. The zero-order valence-electron chi connectivity index (χ0n) is 23.7. The number of halogens is 2. The first kappa shape index (κ1) is 29.3. The maximum Gasteiger partial charge on any atom is 0.387 e. The summed E-state index contributed by atoms with van der Waals surface area (Å²) in [5, 5.41) is 9.61. The Balaban J connectivity index is 1.38. The highest BCUT2D eigenvalue weighted by Gasteiger charge is 2.47. The lowest BCUT2D eigenvalue weighted by Gasteiger charge is -2.30. The van der Waals surface area contributed by atoms with Crippen LogP contribution >= 0.6 is 0 Å². The van der Waals surface area contributed by atoms with Crippen molar-refractivity contribution in [1.29, 1.82) is 5.26 Å². The van der Waals surface area contributed by atoms with Crippen molar-refractivity contribution >= 4 is 21.3 Å². The van der Waals surface area contributed by atoms with Gasteiger partial charge in [0.1, 0.15) is 23.0 Å². The molecule has 0 unspecified atom stereocenters. The predicted molar refractivity (Wildman–Crippen MR) is 156 cm³/mol. The van der Waals surface area contributed by atoms with Gasteiger partial charge in [-0.05, 0) is 49.9 Å². The molecule has 2 atom stereocenters. The third-order valence-corrected chi connectivity index (χ3v) is 10.6. The van der Waals surface area contributed by atoms with E-state index in [1.54, 1.807) is 18.2 Å². The number of carbonyl (C=O) groups excluding carboxylic acids is 1. The van der Waals surface area contributed by atoms with Gasteiger partial charge in [-0.1, -0.05) is 37.1 Å². The number of Topliss-reactive ketones (excluding diaryl/α,β-unsaturated/α-hetero) is 1. The molecule has 0 radical (unpaired) electrons. The number of hydrogen-bond donors (Lipinski definition) is 0. The summed E-state index contributed by atoms with van der Waals surface area (Å²) in [6, 6.07) is 16.2. The number of rotatable bonds is 9. The highest BCUT2D eigenvalue weighted by molar-refractivity contribution is 7.91. The molecule has 0 bridgehead atoms. The van der Waals surface area contributed by atoms with Crippen molar-refractivity contribution in [3.05, 3.63) is 54.3 Å². The average Bonchev–Trinajstić information content (AvgIpc) is 3.64. The van der Waals surface area contributed by atoms with E-state index in [0.29, 0.717) is 37.4 Å². The molecule has 2 aromatic carbocycles. The molecule has 1 aromatic heterocycles. The Morgan fingerprint density at radius 2 is 1.79 bits per heavy atom. The van der Waals surface area contributed by atoms with Crippen LogP contribution in [0.1, 0.15) is 56.6 Å². The van der Waals surface area contributed by atoms with Crippen molar-refractivity contribution in [1.82, 2.24) is 4.98 Å². The summed E-state index contributed by atoms with van der Waals surface area (Å²) < 4.78 is 61.4. The smallest absolute Gasteiger partial charge is 0.387 e. The van der Waals surface area contributed by atoms with E-state index < -0.39 is 21.9 Å². The second kappa shape index (κ2) is 11.7. The maximum atomic E-state index is 13.6. The van der Waals surface area contributed by atoms with E-state index in [0.717, 1.165) is 36.9 Å². The third-order valence-electron chi connectivity index (χ3n) is 8.96. The maximum absolute atomic E-state index is 13.6. The van der Waals surface area contributed by atoms with Crippen LogP contribution in [0.3, 0.4) is 0 Å². The van der Waals surface area contributed by atoms with Gasteiger partial charge in [-0.25, -0.2) is 13.4 Å². The second-order valence-corrected chi connectivity index (χ2v) is 14.1. The average molecular weight is 610 g/mol. The molecule has 2 aliphatic carbocycles. The van der Waals surface area contributed by atoms with Crippen molar-refractivity contribution in [3.8, 4) is 34.5 Å². The Morgan fingerprint density at radius 3 is 2.47 bits per heavy atom. The molecule has 2 saturated carbocycles. The fourth-order valence-corrected chi connectivity index (χ4v) is 7.52. The van der Waals surface area contributed by atoms with Crippen molar-refractivity contribution in [2.24, 2.45) is 11.3 Å². The number of alkyl halides is 2. The topological polar surface area (TPSA) is 114 Å². The van der Waals surface area contributed by atoms with Gasteiger partial charge in [-0.2, -0.15) is 14.0 Å². The molecule has 3 aliphatic rings. The Morgan fingerprint density at radius 1 is 1.09 bits per heavy atom. The molecule has 3 fully saturated rings. The van der Waals surface area contributed by atoms with E-state index >= 15 is 0 Å². The van der Waals surface area contributed by atoms with E-state index in [9.17, 15) is 27.3 Å². The third kappa shape index (κ3) is 6.30. The number of hydrogen-bond acceptors (Lipinski definition) is 8. The number of oxazole rings is 1. The lowest BCUT2D eigenvalue weighted by molar-refractivity contribution is -0.125. The van der Waals surface area contributed by atoms with E-state index in [-0.39, 0.29) is 52.7 Å². The van der Waals surface area contributed by atoms with Crippen molar-refractivity contribution < 1.29 is 31.1 Å². The van der Waals surface area contributed by atoms with Crippen LogP contribution in [0.2, 0.25) is 0 Å². The summed E-state index contributed by atoms with van der Waals surface area (Å²) in [5.74, 6) is 0.254. The predicted octanol–water partition coefficient (Wildman–Crippen LogP) is 6.38. The minimum absolute atomic E-state index is 0.0597. The number of benzene rings is 2. The standard InChI is InChI=1S/C32H33F2N3O5S/c33-31(34)41-27-8-4-3-7-25(27)30-36-28(21-9-11-22(12-10-21)37-15-17-43(39,40)18-16-37)29(42-30)24-6-2-1-5-23(24)26(38)19-32(20-35)13-14-32/h3-4,7-12,23-24,31H,1-2,5-6,13-19H2/t23-,24-/m1/s1. The van der Waals surface area contributed by atoms with Gasteiger partial charge in [0, 0.05) is 42.6 Å². The molecule has 6 rings (SSSR count). The largest absolute Gasteiger partial charge is 0.440 e. The van der Waals surface area contributed by atoms with Crippen LogP contribution in [0.15, 0.2) is 52.9 Å². The summed E-state index contributed by atoms with van der Waals surface area (Å²) in [6.07, 6.45) is 4.88. The highest BCUT2D eigenvalue weighted by Crippen LogP contribution is 2.51. The molecule has 11 heteroatoms. The fourth-order valence-electron chi connectivity index (χ4n) is 6.32. The first-order chi connectivity index (χ1) is 20.7. The summed E-state index contributed by atoms with van der Waals surface area (Å²) in [6.45, 7) is -2.20. The molecule has 3 aromatic rings. The summed E-state index contributed by atoms with van der Waals surface area (Å²) in [5.41, 5.74) is 1.88. The van der Waals surface area contributed by atoms with E-state index in [2.05, 4.69) is 6.07 Å². The number of carbonyl (C=O) groups is 1. The number of para-hydroxylation sites is 1. The summed E-state index contributed by atoms with van der Waals surface area (Å²) >= 11 is 0. The number of ether oxygens (including phenoxy) is 1. The normalized spacial score (nSPS) is 22.6. The molecule has 8 nitrogen and oxygen atoms in total. The minimum atomic E-state index is -3.03. The molecule has 0 spiro atoms. The van der Waals surface area contributed by atoms with E-state index in [1.165, 1.54) is 6.07 Å². The number of aromatic nitrogens is 1. The van der Waals surface area contributed by atoms with Crippen LogP contribution in [-0.4, -0.2) is 50.4 Å². The summed E-state index contributed by atoms with van der Waals surface area (Å²) in [4.78, 5) is 20.4. The first-order valence-electron chi connectivity index (χ1n) is 14.7. The second-order valence-electron chi connectivity index (χ2n) is 11.8. The molecule has 0 amide bonds. The fraction of sp³-hybridized carbons (Fsp3) is 0.469. The van der Waals surface area contributed by atoms with Gasteiger partial charge in [0.15, 0.2) is 9.84 Å².